The van der Waals surface area contributed by atoms with Gasteiger partial charge in [0.25, 0.3) is 0 Å². The maximum atomic E-state index is 13.4. The van der Waals surface area contributed by atoms with Gasteiger partial charge in [-0.05, 0) is 61.3 Å². The minimum atomic E-state index is -4.44. The van der Waals surface area contributed by atoms with E-state index in [-0.39, 0.29) is 36.2 Å². The zero-order valence-electron chi connectivity index (χ0n) is 24.1. The molecular formula is C30H41F3N4O4. The number of nitrogens with zero attached hydrogens (tertiary/aromatic N) is 3. The summed E-state index contributed by atoms with van der Waals surface area (Å²) in [7, 11) is 0. The maximum Gasteiger partial charge on any atom is 0.416 e. The normalized spacial score (nSPS) is 21.9. The van der Waals surface area contributed by atoms with Crippen LogP contribution in [0.1, 0.15) is 52.0 Å². The summed E-state index contributed by atoms with van der Waals surface area (Å²) in [6.45, 7) is 10.5. The first kappa shape index (κ1) is 30.9. The Hall–Kier alpha value is -3.08. The van der Waals surface area contributed by atoms with E-state index in [9.17, 15) is 27.6 Å². The molecule has 8 nitrogen and oxygen atoms in total. The number of alkyl halides is 3. The molecule has 0 radical (unpaired) electrons. The zero-order valence-corrected chi connectivity index (χ0v) is 24.1. The van der Waals surface area contributed by atoms with E-state index in [1.54, 1.807) is 16.7 Å². The van der Waals surface area contributed by atoms with Crippen molar-refractivity contribution in [2.75, 3.05) is 57.7 Å². The Labute approximate surface area is 239 Å². The van der Waals surface area contributed by atoms with Gasteiger partial charge < -0.3 is 19.9 Å². The molecular weight excluding hydrogens is 537 g/mol. The SMILES string of the molecule is CCOC(=O)CCC(=O)N1CCN(CCN(CC2=CCC3CC2C3(C)C)C(=O)Nc2ccc(C(F)(F)F)cc2)CC1. The van der Waals surface area contributed by atoms with Crippen LogP contribution >= 0.6 is 0 Å². The Bertz CT molecular complexity index is 1130. The van der Waals surface area contributed by atoms with E-state index in [1.165, 1.54) is 17.7 Å². The summed E-state index contributed by atoms with van der Waals surface area (Å²) < 4.78 is 43.8. The highest BCUT2D eigenvalue weighted by molar-refractivity contribution is 5.89. The van der Waals surface area contributed by atoms with E-state index in [1.807, 2.05) is 0 Å². The molecule has 0 spiro atoms. The van der Waals surface area contributed by atoms with Gasteiger partial charge in [0.2, 0.25) is 5.91 Å². The number of hydrogen-bond acceptors (Lipinski definition) is 5. The Morgan fingerprint density at radius 2 is 1.76 bits per heavy atom. The molecule has 1 heterocycles. The molecule has 1 N–H and O–H groups in total. The number of carbonyl (C=O) groups is 3. The third kappa shape index (κ3) is 7.61. The smallest absolute Gasteiger partial charge is 0.416 e. The van der Waals surface area contributed by atoms with Crippen molar-refractivity contribution >= 4 is 23.6 Å². The van der Waals surface area contributed by atoms with Crippen molar-refractivity contribution in [1.29, 1.82) is 0 Å². The van der Waals surface area contributed by atoms with Crippen molar-refractivity contribution in [3.63, 3.8) is 0 Å². The molecule has 3 amide bonds. The molecule has 1 saturated carbocycles. The van der Waals surface area contributed by atoms with Crippen LogP contribution in [-0.2, 0) is 20.5 Å². The second-order valence-corrected chi connectivity index (χ2v) is 11.8. The topological polar surface area (TPSA) is 82.2 Å². The van der Waals surface area contributed by atoms with Gasteiger partial charge in [0.1, 0.15) is 0 Å². The van der Waals surface area contributed by atoms with Gasteiger partial charge in [-0.2, -0.15) is 13.2 Å². The predicted octanol–water partition coefficient (Wildman–Crippen LogP) is 5.02. The number of carbonyl (C=O) groups excluding carboxylic acids is 3. The largest absolute Gasteiger partial charge is 0.466 e. The van der Waals surface area contributed by atoms with E-state index in [4.69, 9.17) is 4.74 Å². The fraction of sp³-hybridized carbons (Fsp3) is 0.633. The molecule has 2 bridgehead atoms. The first-order chi connectivity index (χ1) is 19.4. The Balaban J connectivity index is 1.34. The first-order valence-electron chi connectivity index (χ1n) is 14.5. The molecule has 226 valence electrons. The van der Waals surface area contributed by atoms with Gasteiger partial charge >= 0.3 is 18.2 Å². The minimum absolute atomic E-state index is 0.0686. The average molecular weight is 579 g/mol. The Morgan fingerprint density at radius 1 is 1.07 bits per heavy atom. The number of halogens is 3. The molecule has 1 saturated heterocycles. The molecule has 41 heavy (non-hydrogen) atoms. The number of piperazine rings is 1. The zero-order chi connectivity index (χ0) is 29.8. The average Bonchev–Trinajstić information content (AvgIpc) is 2.94. The molecule has 4 aliphatic rings. The Kier molecular flexibility index (Phi) is 9.66. The number of amides is 3. The third-order valence-corrected chi connectivity index (χ3v) is 8.97. The van der Waals surface area contributed by atoms with E-state index in [0.29, 0.717) is 69.9 Å². The third-order valence-electron chi connectivity index (χ3n) is 8.97. The highest BCUT2D eigenvalue weighted by Crippen LogP contribution is 2.59. The van der Waals surface area contributed by atoms with Crippen molar-refractivity contribution < 1.29 is 32.3 Å². The van der Waals surface area contributed by atoms with Crippen LogP contribution in [0.15, 0.2) is 35.9 Å². The standard InChI is InChI=1S/C30H41F3N4O4/c1-4-41-27(39)12-11-26(38)36-16-13-35(14-17-36)15-18-37(20-21-5-6-23-19-25(21)29(23,2)3)28(40)34-24-9-7-22(8-10-24)30(31,32)33/h5,7-10,23,25H,4,6,11-20H2,1-3H3,(H,34,40). The molecule has 2 unspecified atom stereocenters. The molecule has 5 rings (SSSR count). The summed E-state index contributed by atoms with van der Waals surface area (Å²) in [5.41, 5.74) is 0.997. The lowest BCUT2D eigenvalue weighted by Gasteiger charge is -2.57. The number of benzene rings is 1. The highest BCUT2D eigenvalue weighted by Gasteiger charge is 2.51. The molecule has 11 heteroatoms. The molecule has 1 aliphatic heterocycles. The van der Waals surface area contributed by atoms with E-state index < -0.39 is 11.7 Å². The van der Waals surface area contributed by atoms with Crippen LogP contribution in [0.5, 0.6) is 0 Å². The number of urea groups is 1. The summed E-state index contributed by atoms with van der Waals surface area (Å²) in [6, 6.07) is 4.13. The van der Waals surface area contributed by atoms with Gasteiger partial charge in [-0.1, -0.05) is 25.5 Å². The minimum Gasteiger partial charge on any atom is -0.466 e. The number of ether oxygens (including phenoxy) is 1. The number of rotatable bonds is 10. The van der Waals surface area contributed by atoms with E-state index in [2.05, 4.69) is 30.1 Å². The van der Waals surface area contributed by atoms with Crippen molar-refractivity contribution in [2.24, 2.45) is 17.3 Å². The van der Waals surface area contributed by atoms with Crippen LogP contribution in [0.4, 0.5) is 23.7 Å². The van der Waals surface area contributed by atoms with Crippen LogP contribution in [0.3, 0.4) is 0 Å². The fourth-order valence-corrected chi connectivity index (χ4v) is 6.16. The van der Waals surface area contributed by atoms with E-state index >= 15 is 0 Å². The second kappa shape index (κ2) is 12.8. The predicted molar refractivity (Wildman–Crippen MR) is 149 cm³/mol. The van der Waals surface area contributed by atoms with Crippen LogP contribution < -0.4 is 5.32 Å². The van der Waals surface area contributed by atoms with Gasteiger partial charge in [-0.3, -0.25) is 14.5 Å². The number of fused-ring (bicyclic) bond motifs is 1. The van der Waals surface area contributed by atoms with Crippen molar-refractivity contribution in [1.82, 2.24) is 14.7 Å². The van der Waals surface area contributed by atoms with Crippen molar-refractivity contribution in [2.45, 2.75) is 52.6 Å². The number of nitrogens with one attached hydrogen (secondary N) is 1. The summed E-state index contributed by atoms with van der Waals surface area (Å²) >= 11 is 0. The fourth-order valence-electron chi connectivity index (χ4n) is 6.16. The number of anilines is 1. The molecule has 1 aromatic carbocycles. The number of allylic oxidation sites excluding steroid dienone is 1. The lowest BCUT2D eigenvalue weighted by Crippen LogP contribution is -2.52. The van der Waals surface area contributed by atoms with E-state index in [0.717, 1.165) is 25.0 Å². The summed E-state index contributed by atoms with van der Waals surface area (Å²) in [5, 5.41) is 2.78. The molecule has 3 aliphatic carbocycles. The second-order valence-electron chi connectivity index (χ2n) is 11.8. The Morgan fingerprint density at radius 3 is 2.34 bits per heavy atom. The van der Waals surface area contributed by atoms with Gasteiger partial charge in [0.05, 0.1) is 18.6 Å². The number of esters is 1. The first-order valence-corrected chi connectivity index (χ1v) is 14.5. The van der Waals surface area contributed by atoms with Crippen LogP contribution in [0.25, 0.3) is 0 Å². The van der Waals surface area contributed by atoms with Gasteiger partial charge in [0.15, 0.2) is 0 Å². The van der Waals surface area contributed by atoms with Crippen LogP contribution in [0, 0.1) is 17.3 Å². The van der Waals surface area contributed by atoms with Crippen LogP contribution in [-0.4, -0.2) is 85.0 Å². The van der Waals surface area contributed by atoms with Crippen molar-refractivity contribution in [3.8, 4) is 0 Å². The summed E-state index contributed by atoms with van der Waals surface area (Å²) in [5.74, 6) is 0.651. The summed E-state index contributed by atoms with van der Waals surface area (Å²) in [6.07, 6.45) is 0.140. The molecule has 1 aromatic rings. The summed E-state index contributed by atoms with van der Waals surface area (Å²) in [4.78, 5) is 43.2. The molecule has 2 atom stereocenters. The lowest BCUT2D eigenvalue weighted by atomic mass is 9.49. The maximum absolute atomic E-state index is 13.4. The van der Waals surface area contributed by atoms with Gasteiger partial charge in [-0.25, -0.2) is 4.79 Å². The number of hydrogen-bond donors (Lipinski definition) is 1. The molecule has 2 fully saturated rings. The van der Waals surface area contributed by atoms with Crippen molar-refractivity contribution in [3.05, 3.63) is 41.5 Å². The monoisotopic (exact) mass is 578 g/mol. The quantitative estimate of drug-likeness (QED) is 0.312. The lowest BCUT2D eigenvalue weighted by molar-refractivity contribution is -0.146. The van der Waals surface area contributed by atoms with Gasteiger partial charge in [0, 0.05) is 57.9 Å². The van der Waals surface area contributed by atoms with Crippen LogP contribution in [0.2, 0.25) is 0 Å². The molecule has 0 aromatic heterocycles. The van der Waals surface area contributed by atoms with Gasteiger partial charge in [-0.15, -0.1) is 0 Å². The highest BCUT2D eigenvalue weighted by atomic mass is 19.4.